The molecule has 0 spiro atoms. The van der Waals surface area contributed by atoms with Crippen molar-refractivity contribution in [2.75, 3.05) is 0 Å². The Morgan fingerprint density at radius 1 is 1.50 bits per heavy atom. The third-order valence-corrected chi connectivity index (χ3v) is 2.90. The van der Waals surface area contributed by atoms with Crippen molar-refractivity contribution >= 4 is 17.8 Å². The average molecular weight is 227 g/mol. The molecule has 0 aliphatic carbocycles. The molecule has 5 heteroatoms. The van der Waals surface area contributed by atoms with Gasteiger partial charge < -0.3 is 5.11 Å². The van der Waals surface area contributed by atoms with Crippen LogP contribution in [-0.2, 0) is 14.4 Å². The second-order valence-corrected chi connectivity index (χ2v) is 4.05. The van der Waals surface area contributed by atoms with Crippen molar-refractivity contribution in [3.8, 4) is 0 Å². The molecule has 0 radical (unpaired) electrons. The number of rotatable bonds is 5. The zero-order valence-corrected chi connectivity index (χ0v) is 9.60. The number of carboxylic acids is 1. The molecule has 2 atom stereocenters. The van der Waals surface area contributed by atoms with E-state index in [9.17, 15) is 14.4 Å². The third kappa shape index (κ3) is 2.23. The Labute approximate surface area is 94.4 Å². The average Bonchev–Trinajstić information content (AvgIpc) is 2.47. The van der Waals surface area contributed by atoms with Crippen LogP contribution in [0.2, 0.25) is 0 Å². The molecular weight excluding hydrogens is 210 g/mol. The summed E-state index contributed by atoms with van der Waals surface area (Å²) in [4.78, 5) is 35.3. The number of imide groups is 1. The van der Waals surface area contributed by atoms with E-state index in [2.05, 4.69) is 0 Å². The van der Waals surface area contributed by atoms with Gasteiger partial charge in [-0.2, -0.15) is 0 Å². The van der Waals surface area contributed by atoms with Crippen LogP contribution < -0.4 is 0 Å². The van der Waals surface area contributed by atoms with E-state index < -0.39 is 12.0 Å². The van der Waals surface area contributed by atoms with Crippen molar-refractivity contribution in [1.29, 1.82) is 0 Å². The van der Waals surface area contributed by atoms with E-state index in [1.54, 1.807) is 6.92 Å². The van der Waals surface area contributed by atoms with Gasteiger partial charge in [-0.1, -0.05) is 20.3 Å². The van der Waals surface area contributed by atoms with Gasteiger partial charge in [-0.05, 0) is 12.8 Å². The van der Waals surface area contributed by atoms with Gasteiger partial charge in [0.25, 0.3) is 0 Å². The number of carbonyl (C=O) groups excluding carboxylic acids is 2. The topological polar surface area (TPSA) is 74.7 Å². The van der Waals surface area contributed by atoms with Crippen molar-refractivity contribution in [2.24, 2.45) is 5.92 Å². The van der Waals surface area contributed by atoms with Gasteiger partial charge in [-0.25, -0.2) is 4.79 Å². The van der Waals surface area contributed by atoms with Gasteiger partial charge in [0.15, 0.2) is 0 Å². The molecule has 0 aromatic rings. The van der Waals surface area contributed by atoms with E-state index >= 15 is 0 Å². The number of aliphatic carboxylic acids is 1. The van der Waals surface area contributed by atoms with Gasteiger partial charge in [-0.3, -0.25) is 14.5 Å². The fourth-order valence-corrected chi connectivity index (χ4v) is 2.09. The van der Waals surface area contributed by atoms with Crippen molar-refractivity contribution < 1.29 is 19.5 Å². The van der Waals surface area contributed by atoms with Crippen LogP contribution in [0.15, 0.2) is 0 Å². The lowest BCUT2D eigenvalue weighted by Gasteiger charge is -2.21. The van der Waals surface area contributed by atoms with E-state index in [0.29, 0.717) is 6.42 Å². The molecule has 2 amide bonds. The normalized spacial score (nSPS) is 22.6. The van der Waals surface area contributed by atoms with Crippen molar-refractivity contribution in [1.82, 2.24) is 4.90 Å². The molecule has 0 aromatic heterocycles. The summed E-state index contributed by atoms with van der Waals surface area (Å²) in [6, 6.07) is -0.998. The highest BCUT2D eigenvalue weighted by atomic mass is 16.4. The maximum absolute atomic E-state index is 11.9. The molecule has 1 saturated heterocycles. The smallest absolute Gasteiger partial charge is 0.326 e. The van der Waals surface area contributed by atoms with Crippen LogP contribution in [0.5, 0.6) is 0 Å². The quantitative estimate of drug-likeness (QED) is 0.712. The summed E-state index contributed by atoms with van der Waals surface area (Å²) in [7, 11) is 0. The molecule has 1 aliphatic rings. The number of hydrogen-bond donors (Lipinski definition) is 1. The first-order valence-electron chi connectivity index (χ1n) is 5.61. The Bertz CT molecular complexity index is 313. The molecule has 0 saturated carbocycles. The predicted molar refractivity (Wildman–Crippen MR) is 56.6 cm³/mol. The number of amides is 2. The molecule has 1 aliphatic heterocycles. The fourth-order valence-electron chi connectivity index (χ4n) is 2.09. The summed E-state index contributed by atoms with van der Waals surface area (Å²) >= 11 is 0. The second kappa shape index (κ2) is 5.09. The number of carboxylic acid groups (broad SMARTS) is 1. The van der Waals surface area contributed by atoms with Crippen LogP contribution in [0.3, 0.4) is 0 Å². The molecule has 1 rings (SSSR count). The van der Waals surface area contributed by atoms with E-state index in [1.807, 2.05) is 6.92 Å². The highest BCUT2D eigenvalue weighted by Crippen LogP contribution is 2.26. The standard InChI is InChI=1S/C11H17NO4/c1-3-5-7-6-9(13)12(10(7)14)8(4-2)11(15)16/h7-8H,3-6H2,1-2H3,(H,15,16)/t7-,8+/m1/s1. The maximum Gasteiger partial charge on any atom is 0.326 e. The number of nitrogens with zero attached hydrogens (tertiary/aromatic N) is 1. The SMILES string of the molecule is CCC[C@@H]1CC(=O)N([C@@H](CC)C(=O)O)C1=O. The number of likely N-dealkylation sites (tertiary alicyclic amines) is 1. The first-order chi connectivity index (χ1) is 7.52. The summed E-state index contributed by atoms with van der Waals surface area (Å²) < 4.78 is 0. The first kappa shape index (κ1) is 12.7. The van der Waals surface area contributed by atoms with Crippen LogP contribution >= 0.6 is 0 Å². The second-order valence-electron chi connectivity index (χ2n) is 4.05. The van der Waals surface area contributed by atoms with Gasteiger partial charge in [0.05, 0.1) is 0 Å². The van der Waals surface area contributed by atoms with Gasteiger partial charge in [0.2, 0.25) is 11.8 Å². The minimum absolute atomic E-state index is 0.163. The summed E-state index contributed by atoms with van der Waals surface area (Å²) in [5.74, 6) is -2.09. The lowest BCUT2D eigenvalue weighted by molar-refractivity contribution is -0.154. The van der Waals surface area contributed by atoms with Gasteiger partial charge in [0.1, 0.15) is 6.04 Å². The fraction of sp³-hybridized carbons (Fsp3) is 0.727. The molecule has 0 aromatic carbocycles. The Balaban J connectivity index is 2.84. The van der Waals surface area contributed by atoms with E-state index in [1.165, 1.54) is 0 Å². The minimum atomic E-state index is -1.11. The van der Waals surface area contributed by atoms with E-state index in [0.717, 1.165) is 11.3 Å². The molecular formula is C11H17NO4. The zero-order valence-electron chi connectivity index (χ0n) is 9.60. The molecule has 16 heavy (non-hydrogen) atoms. The van der Waals surface area contributed by atoms with Gasteiger partial charge >= 0.3 is 5.97 Å². The minimum Gasteiger partial charge on any atom is -0.480 e. The summed E-state index contributed by atoms with van der Waals surface area (Å²) in [5.41, 5.74) is 0. The molecule has 1 N–H and O–H groups in total. The Hall–Kier alpha value is -1.39. The van der Waals surface area contributed by atoms with Crippen molar-refractivity contribution in [3.05, 3.63) is 0 Å². The van der Waals surface area contributed by atoms with Crippen LogP contribution in [0.4, 0.5) is 0 Å². The van der Waals surface area contributed by atoms with Crippen molar-refractivity contribution in [2.45, 2.75) is 45.6 Å². The van der Waals surface area contributed by atoms with Crippen LogP contribution in [0.25, 0.3) is 0 Å². The Morgan fingerprint density at radius 3 is 2.56 bits per heavy atom. The first-order valence-corrected chi connectivity index (χ1v) is 5.61. The predicted octanol–water partition coefficient (Wildman–Crippen LogP) is 1.02. The van der Waals surface area contributed by atoms with E-state index in [-0.39, 0.29) is 30.6 Å². The summed E-state index contributed by atoms with van der Waals surface area (Å²) in [6.07, 6.45) is 1.89. The highest BCUT2D eigenvalue weighted by molar-refractivity contribution is 6.06. The molecule has 0 unspecified atom stereocenters. The number of hydrogen-bond acceptors (Lipinski definition) is 3. The molecule has 1 heterocycles. The third-order valence-electron chi connectivity index (χ3n) is 2.90. The van der Waals surface area contributed by atoms with Crippen LogP contribution in [0, 0.1) is 5.92 Å². The van der Waals surface area contributed by atoms with Gasteiger partial charge in [-0.15, -0.1) is 0 Å². The molecule has 5 nitrogen and oxygen atoms in total. The maximum atomic E-state index is 11.9. The zero-order chi connectivity index (χ0) is 12.3. The van der Waals surface area contributed by atoms with Gasteiger partial charge in [0, 0.05) is 12.3 Å². The van der Waals surface area contributed by atoms with Crippen LogP contribution in [-0.4, -0.2) is 33.8 Å². The summed E-state index contributed by atoms with van der Waals surface area (Å²) in [6.45, 7) is 3.60. The molecule has 90 valence electrons. The molecule has 0 bridgehead atoms. The lowest BCUT2D eigenvalue weighted by Crippen LogP contribution is -2.44. The van der Waals surface area contributed by atoms with Crippen LogP contribution in [0.1, 0.15) is 39.5 Å². The largest absolute Gasteiger partial charge is 0.480 e. The lowest BCUT2D eigenvalue weighted by atomic mass is 10.0. The van der Waals surface area contributed by atoms with E-state index in [4.69, 9.17) is 5.11 Å². The monoisotopic (exact) mass is 227 g/mol. The van der Waals surface area contributed by atoms with Crippen molar-refractivity contribution in [3.63, 3.8) is 0 Å². The summed E-state index contributed by atoms with van der Waals surface area (Å²) in [5, 5.41) is 8.94. The number of carbonyl (C=O) groups is 3. The highest BCUT2D eigenvalue weighted by Gasteiger charge is 2.43. The molecule has 1 fully saturated rings. The Morgan fingerprint density at radius 2 is 2.12 bits per heavy atom. The Kier molecular flexibility index (Phi) is 4.04.